The monoisotopic (exact) mass is 326 g/mol. The molecule has 1 fully saturated rings. The normalized spacial score (nSPS) is 19.1. The Bertz CT molecular complexity index is 614. The third-order valence-corrected chi connectivity index (χ3v) is 5.49. The van der Waals surface area contributed by atoms with Crippen LogP contribution in [-0.2, 0) is 10.0 Å². The van der Waals surface area contributed by atoms with Gasteiger partial charge in [0.25, 0.3) is 0 Å². The zero-order valence-corrected chi connectivity index (χ0v) is 14.4. The van der Waals surface area contributed by atoms with Crippen molar-refractivity contribution in [1.29, 1.82) is 0 Å². The van der Waals surface area contributed by atoms with Gasteiger partial charge in [-0.3, -0.25) is 0 Å². The minimum atomic E-state index is -3.52. The van der Waals surface area contributed by atoms with E-state index < -0.39 is 10.0 Å². The second-order valence-electron chi connectivity index (χ2n) is 6.45. The van der Waals surface area contributed by atoms with Crippen molar-refractivity contribution in [2.45, 2.75) is 32.1 Å². The van der Waals surface area contributed by atoms with Crippen molar-refractivity contribution in [1.82, 2.24) is 4.72 Å². The molecule has 1 heterocycles. The Balaban J connectivity index is 2.35. The lowest BCUT2D eigenvalue weighted by Gasteiger charge is -2.24. The van der Waals surface area contributed by atoms with Crippen LogP contribution >= 0.6 is 0 Å². The Kier molecular flexibility index (Phi) is 5.47. The first-order valence-corrected chi connectivity index (χ1v) is 9.28. The molecule has 22 heavy (non-hydrogen) atoms. The van der Waals surface area contributed by atoms with E-state index >= 15 is 0 Å². The molecule has 0 saturated carbocycles. The third kappa shape index (κ3) is 3.80. The second-order valence-corrected chi connectivity index (χ2v) is 8.19. The summed E-state index contributed by atoms with van der Waals surface area (Å²) in [5.74, 6) is 0.479. The van der Waals surface area contributed by atoms with Gasteiger partial charge in [-0.05, 0) is 30.9 Å². The highest BCUT2D eigenvalue weighted by Gasteiger charge is 2.28. The number of sulfonamides is 1. The van der Waals surface area contributed by atoms with Crippen LogP contribution in [0.3, 0.4) is 0 Å². The van der Waals surface area contributed by atoms with Gasteiger partial charge in [-0.2, -0.15) is 0 Å². The van der Waals surface area contributed by atoms with Gasteiger partial charge in [0.2, 0.25) is 10.0 Å². The smallest absolute Gasteiger partial charge is 0.242 e. The Morgan fingerprint density at radius 3 is 2.73 bits per heavy atom. The van der Waals surface area contributed by atoms with E-state index in [1.165, 1.54) is 0 Å². The zero-order valence-electron chi connectivity index (χ0n) is 13.5. The number of para-hydroxylation sites is 1. The summed E-state index contributed by atoms with van der Waals surface area (Å²) in [6.45, 7) is 7.95. The van der Waals surface area contributed by atoms with Gasteiger partial charge in [0.05, 0.1) is 5.69 Å². The van der Waals surface area contributed by atoms with Crippen molar-refractivity contribution in [3.63, 3.8) is 0 Å². The molecular formula is C16H26N2O3S. The predicted molar refractivity (Wildman–Crippen MR) is 88.6 cm³/mol. The van der Waals surface area contributed by atoms with Crippen LogP contribution in [0.25, 0.3) is 0 Å². The summed E-state index contributed by atoms with van der Waals surface area (Å²) >= 11 is 0. The molecule has 2 rings (SSSR count). The Hall–Kier alpha value is -1.11. The van der Waals surface area contributed by atoms with Crippen LogP contribution in [0.1, 0.15) is 25.8 Å². The highest BCUT2D eigenvalue weighted by Crippen LogP contribution is 2.32. The molecule has 1 saturated heterocycles. The average molecular weight is 326 g/mol. The SMILES string of the molecule is Cc1cccc(S(=O)(=O)NCC(C)C)c1N1CC[C@H](CO)C1. The molecule has 1 aliphatic heterocycles. The Morgan fingerprint density at radius 1 is 1.41 bits per heavy atom. The maximum absolute atomic E-state index is 12.6. The molecular weight excluding hydrogens is 300 g/mol. The van der Waals surface area contributed by atoms with Crippen LogP contribution < -0.4 is 9.62 Å². The molecule has 6 heteroatoms. The molecule has 0 radical (unpaired) electrons. The second kappa shape index (κ2) is 6.98. The van der Waals surface area contributed by atoms with E-state index in [1.807, 2.05) is 26.8 Å². The molecule has 1 aromatic carbocycles. The minimum Gasteiger partial charge on any atom is -0.396 e. The van der Waals surface area contributed by atoms with Gasteiger partial charge in [-0.15, -0.1) is 0 Å². The maximum atomic E-state index is 12.6. The number of hydrogen-bond donors (Lipinski definition) is 2. The summed E-state index contributed by atoms with van der Waals surface area (Å²) in [4.78, 5) is 2.42. The molecule has 0 bridgehead atoms. The quantitative estimate of drug-likeness (QED) is 0.835. The lowest BCUT2D eigenvalue weighted by Crippen LogP contribution is -2.30. The fourth-order valence-corrected chi connectivity index (χ4v) is 4.30. The van der Waals surface area contributed by atoms with Crippen molar-refractivity contribution in [3.05, 3.63) is 23.8 Å². The van der Waals surface area contributed by atoms with Crippen LogP contribution in [0.15, 0.2) is 23.1 Å². The molecule has 2 N–H and O–H groups in total. The van der Waals surface area contributed by atoms with Crippen LogP contribution in [0, 0.1) is 18.8 Å². The molecule has 0 spiro atoms. The summed E-state index contributed by atoms with van der Waals surface area (Å²) in [7, 11) is -3.52. The van der Waals surface area contributed by atoms with E-state index in [0.717, 1.165) is 24.2 Å². The standard InChI is InChI=1S/C16H26N2O3S/c1-12(2)9-17-22(20,21)15-6-4-5-13(3)16(15)18-8-7-14(10-18)11-19/h4-6,12,14,17,19H,7-11H2,1-3H3/t14-/m0/s1. The molecule has 0 unspecified atom stereocenters. The number of nitrogens with zero attached hydrogens (tertiary/aromatic N) is 1. The van der Waals surface area contributed by atoms with E-state index in [9.17, 15) is 13.5 Å². The fourth-order valence-electron chi connectivity index (χ4n) is 2.79. The van der Waals surface area contributed by atoms with Gasteiger partial charge in [-0.25, -0.2) is 13.1 Å². The number of aliphatic hydroxyl groups excluding tert-OH is 1. The van der Waals surface area contributed by atoms with Gasteiger partial charge in [-0.1, -0.05) is 26.0 Å². The molecule has 124 valence electrons. The van der Waals surface area contributed by atoms with E-state index in [2.05, 4.69) is 9.62 Å². The van der Waals surface area contributed by atoms with Crippen molar-refractivity contribution < 1.29 is 13.5 Å². The summed E-state index contributed by atoms with van der Waals surface area (Å²) in [6.07, 6.45) is 0.893. The largest absolute Gasteiger partial charge is 0.396 e. The molecule has 0 aromatic heterocycles. The topological polar surface area (TPSA) is 69.6 Å². The van der Waals surface area contributed by atoms with E-state index in [1.54, 1.807) is 12.1 Å². The van der Waals surface area contributed by atoms with Gasteiger partial charge in [0, 0.05) is 32.2 Å². The average Bonchev–Trinajstić information content (AvgIpc) is 2.93. The fraction of sp³-hybridized carbons (Fsp3) is 0.625. The number of aryl methyl sites for hydroxylation is 1. The van der Waals surface area contributed by atoms with Gasteiger partial charge in [0.15, 0.2) is 0 Å². The molecule has 0 aliphatic carbocycles. The number of nitrogens with one attached hydrogen (secondary N) is 1. The Morgan fingerprint density at radius 2 is 2.14 bits per heavy atom. The minimum absolute atomic E-state index is 0.149. The van der Waals surface area contributed by atoms with Crippen molar-refractivity contribution in [2.24, 2.45) is 11.8 Å². The highest BCUT2D eigenvalue weighted by atomic mass is 32.2. The first-order valence-electron chi connectivity index (χ1n) is 7.80. The van der Waals surface area contributed by atoms with Crippen molar-refractivity contribution in [3.8, 4) is 0 Å². The van der Waals surface area contributed by atoms with Gasteiger partial charge in [0.1, 0.15) is 4.90 Å². The molecule has 1 aromatic rings. The van der Waals surface area contributed by atoms with Crippen LogP contribution in [0.2, 0.25) is 0 Å². The predicted octanol–water partition coefficient (Wildman–Crippen LogP) is 1.75. The van der Waals surface area contributed by atoms with E-state index in [4.69, 9.17) is 0 Å². The van der Waals surface area contributed by atoms with E-state index in [0.29, 0.717) is 18.0 Å². The van der Waals surface area contributed by atoms with Crippen LogP contribution in [0.4, 0.5) is 5.69 Å². The highest BCUT2D eigenvalue weighted by molar-refractivity contribution is 7.89. The summed E-state index contributed by atoms with van der Waals surface area (Å²) in [5, 5.41) is 9.32. The lowest BCUT2D eigenvalue weighted by molar-refractivity contribution is 0.238. The van der Waals surface area contributed by atoms with Gasteiger partial charge >= 0.3 is 0 Å². The molecule has 0 amide bonds. The number of aliphatic hydroxyl groups is 1. The third-order valence-electron chi connectivity index (χ3n) is 4.03. The molecule has 1 aliphatic rings. The van der Waals surface area contributed by atoms with Crippen molar-refractivity contribution >= 4 is 15.7 Å². The molecule has 1 atom stereocenters. The van der Waals surface area contributed by atoms with Crippen LogP contribution in [0.5, 0.6) is 0 Å². The zero-order chi connectivity index (χ0) is 16.3. The number of hydrogen-bond acceptors (Lipinski definition) is 4. The Labute approximate surface area is 133 Å². The molecule has 5 nitrogen and oxygen atoms in total. The van der Waals surface area contributed by atoms with Crippen molar-refractivity contribution in [2.75, 3.05) is 31.1 Å². The first-order chi connectivity index (χ1) is 10.3. The number of rotatable bonds is 6. The van der Waals surface area contributed by atoms with E-state index in [-0.39, 0.29) is 18.4 Å². The lowest BCUT2D eigenvalue weighted by atomic mass is 10.1. The van der Waals surface area contributed by atoms with Gasteiger partial charge < -0.3 is 10.0 Å². The summed E-state index contributed by atoms with van der Waals surface area (Å²) in [6, 6.07) is 5.38. The van der Waals surface area contributed by atoms with Crippen LogP contribution in [-0.4, -0.2) is 39.8 Å². The number of anilines is 1. The number of benzene rings is 1. The first kappa shape index (κ1) is 17.2. The maximum Gasteiger partial charge on any atom is 0.242 e. The summed E-state index contributed by atoms with van der Waals surface area (Å²) in [5.41, 5.74) is 1.72. The summed E-state index contributed by atoms with van der Waals surface area (Å²) < 4.78 is 27.9.